The second kappa shape index (κ2) is 7.94. The number of halogens is 2. The van der Waals surface area contributed by atoms with Gasteiger partial charge in [-0.1, -0.05) is 53.3 Å². The van der Waals surface area contributed by atoms with Crippen molar-refractivity contribution in [2.75, 3.05) is 0 Å². The van der Waals surface area contributed by atoms with Crippen LogP contribution in [0.15, 0.2) is 69.9 Å². The minimum absolute atomic E-state index is 0.269. The monoisotopic (exact) mass is 449 g/mol. The van der Waals surface area contributed by atoms with Gasteiger partial charge in [0.25, 0.3) is 5.56 Å². The molecule has 5 nitrogen and oxygen atoms in total. The molecule has 0 fully saturated rings. The van der Waals surface area contributed by atoms with Gasteiger partial charge in [-0.3, -0.25) is 4.79 Å². The number of thiazole rings is 1. The summed E-state index contributed by atoms with van der Waals surface area (Å²) in [4.78, 5) is 17.6. The third-order valence-electron chi connectivity index (χ3n) is 4.50. The summed E-state index contributed by atoms with van der Waals surface area (Å²) in [5, 5.41) is 4.87. The summed E-state index contributed by atoms with van der Waals surface area (Å²) < 4.78 is 20.6. The molecule has 0 aliphatic carbocycles. The van der Waals surface area contributed by atoms with Gasteiger partial charge in [-0.2, -0.15) is 9.50 Å². The first-order valence-electron chi connectivity index (χ1n) is 9.26. The van der Waals surface area contributed by atoms with E-state index in [-0.39, 0.29) is 11.4 Å². The molecule has 5 rings (SSSR count). The van der Waals surface area contributed by atoms with Crippen molar-refractivity contribution in [3.8, 4) is 11.3 Å². The molecule has 0 aliphatic rings. The van der Waals surface area contributed by atoms with E-state index in [1.807, 2.05) is 24.3 Å². The molecule has 8 heteroatoms. The molecular weight excluding hydrogens is 437 g/mol. The van der Waals surface area contributed by atoms with E-state index in [1.54, 1.807) is 42.5 Å². The molecule has 152 valence electrons. The zero-order valence-electron chi connectivity index (χ0n) is 15.8. The van der Waals surface area contributed by atoms with Crippen molar-refractivity contribution in [3.05, 3.63) is 104 Å². The van der Waals surface area contributed by atoms with Crippen molar-refractivity contribution in [1.29, 1.82) is 0 Å². The van der Waals surface area contributed by atoms with Gasteiger partial charge >= 0.3 is 0 Å². The van der Waals surface area contributed by atoms with Crippen molar-refractivity contribution in [3.63, 3.8) is 0 Å². The Balaban J connectivity index is 1.43. The fourth-order valence-corrected chi connectivity index (χ4v) is 4.11. The Hall–Kier alpha value is -3.55. The Kier molecular flexibility index (Phi) is 4.97. The summed E-state index contributed by atoms with van der Waals surface area (Å²) in [5.41, 5.74) is 1.40. The highest BCUT2D eigenvalue weighted by atomic mass is 35.5. The molecule has 0 bridgehead atoms. The average Bonchev–Trinajstić information content (AvgIpc) is 3.45. The van der Waals surface area contributed by atoms with Crippen LogP contribution in [0.2, 0.25) is 5.02 Å². The molecule has 0 amide bonds. The molecule has 0 saturated carbocycles. The first kappa shape index (κ1) is 19.4. The molecule has 2 aromatic carbocycles. The molecule has 3 aromatic heterocycles. The van der Waals surface area contributed by atoms with Crippen molar-refractivity contribution >= 4 is 46.1 Å². The van der Waals surface area contributed by atoms with Gasteiger partial charge < -0.3 is 4.42 Å². The van der Waals surface area contributed by atoms with Crippen LogP contribution in [0.3, 0.4) is 0 Å². The summed E-state index contributed by atoms with van der Waals surface area (Å²) in [5.74, 6) is 1.32. The van der Waals surface area contributed by atoms with Crippen LogP contribution < -0.4 is 10.1 Å². The lowest BCUT2D eigenvalue weighted by Crippen LogP contribution is -2.23. The lowest BCUT2D eigenvalue weighted by Gasteiger charge is -1.96. The van der Waals surface area contributed by atoms with Crippen LogP contribution in [0.5, 0.6) is 0 Å². The molecular formula is C23H13ClFN3O2S. The molecule has 0 aliphatic heterocycles. The van der Waals surface area contributed by atoms with Gasteiger partial charge in [0.2, 0.25) is 4.96 Å². The maximum atomic E-state index is 13.0. The maximum absolute atomic E-state index is 13.0. The number of nitrogens with zero attached hydrogens (tertiary/aromatic N) is 3. The van der Waals surface area contributed by atoms with Crippen molar-refractivity contribution in [2.24, 2.45) is 0 Å². The molecule has 31 heavy (non-hydrogen) atoms. The zero-order chi connectivity index (χ0) is 21.4. The highest BCUT2D eigenvalue weighted by Gasteiger charge is 2.10. The van der Waals surface area contributed by atoms with E-state index in [4.69, 9.17) is 16.0 Å². The highest BCUT2D eigenvalue weighted by Crippen LogP contribution is 2.25. The first-order valence-corrected chi connectivity index (χ1v) is 10.5. The van der Waals surface area contributed by atoms with E-state index >= 15 is 0 Å². The third-order valence-corrected chi connectivity index (χ3v) is 5.70. The molecule has 5 aromatic rings. The number of aromatic nitrogens is 3. The van der Waals surface area contributed by atoms with Gasteiger partial charge in [-0.15, -0.1) is 5.10 Å². The third kappa shape index (κ3) is 4.05. The predicted octanol–water partition coefficient (Wildman–Crippen LogP) is 4.92. The Bertz CT molecular complexity index is 1530. The molecule has 0 saturated heterocycles. The summed E-state index contributed by atoms with van der Waals surface area (Å²) in [7, 11) is 0. The Labute approximate surface area is 184 Å². The summed E-state index contributed by atoms with van der Waals surface area (Å²) >= 11 is 7.26. The standard InChI is InChI=1S/C23H13ClFN3O2S/c24-16-3-1-2-15(12-16)19-10-9-18(30-19)13-20-22(29)28-23(31-20)26-21(27-28)11-6-14-4-7-17(25)8-5-14/h1-13H/b11-6+,20-13-. The summed E-state index contributed by atoms with van der Waals surface area (Å²) in [6, 6.07) is 17.0. The van der Waals surface area contributed by atoms with Gasteiger partial charge in [0.1, 0.15) is 21.9 Å². The number of hydrogen-bond donors (Lipinski definition) is 0. The Morgan fingerprint density at radius 3 is 2.68 bits per heavy atom. The van der Waals surface area contributed by atoms with E-state index in [0.29, 0.717) is 31.9 Å². The quantitative estimate of drug-likeness (QED) is 0.390. The van der Waals surface area contributed by atoms with Crippen molar-refractivity contribution in [2.45, 2.75) is 0 Å². The normalized spacial score (nSPS) is 12.4. The molecule has 0 spiro atoms. The predicted molar refractivity (Wildman–Crippen MR) is 120 cm³/mol. The molecule has 0 radical (unpaired) electrons. The second-order valence-electron chi connectivity index (χ2n) is 6.68. The van der Waals surface area contributed by atoms with Crippen LogP contribution in [0.4, 0.5) is 4.39 Å². The van der Waals surface area contributed by atoms with Crippen molar-refractivity contribution < 1.29 is 8.81 Å². The minimum atomic E-state index is -0.297. The number of hydrogen-bond acceptors (Lipinski definition) is 5. The van der Waals surface area contributed by atoms with E-state index in [9.17, 15) is 9.18 Å². The second-order valence-corrected chi connectivity index (χ2v) is 8.12. The lowest BCUT2D eigenvalue weighted by atomic mass is 10.2. The zero-order valence-corrected chi connectivity index (χ0v) is 17.4. The van der Waals surface area contributed by atoms with Gasteiger partial charge in [0.05, 0.1) is 0 Å². The molecule has 0 atom stereocenters. The average molecular weight is 450 g/mol. The van der Waals surface area contributed by atoms with Crippen LogP contribution in [-0.4, -0.2) is 14.6 Å². The van der Waals surface area contributed by atoms with Gasteiger partial charge in [-0.05, 0) is 48.0 Å². The summed E-state index contributed by atoms with van der Waals surface area (Å²) in [6.45, 7) is 0. The smallest absolute Gasteiger partial charge is 0.291 e. The van der Waals surface area contributed by atoms with E-state index in [0.717, 1.165) is 11.1 Å². The topological polar surface area (TPSA) is 60.4 Å². The fourth-order valence-electron chi connectivity index (χ4n) is 3.02. The van der Waals surface area contributed by atoms with Crippen LogP contribution in [0.25, 0.3) is 34.5 Å². The number of rotatable bonds is 4. The van der Waals surface area contributed by atoms with Crippen LogP contribution in [0.1, 0.15) is 17.1 Å². The van der Waals surface area contributed by atoms with Gasteiger partial charge in [-0.25, -0.2) is 4.39 Å². The van der Waals surface area contributed by atoms with E-state index < -0.39 is 0 Å². The molecule has 3 heterocycles. The number of fused-ring (bicyclic) bond motifs is 1. The van der Waals surface area contributed by atoms with Gasteiger partial charge in [0, 0.05) is 16.7 Å². The van der Waals surface area contributed by atoms with E-state index in [2.05, 4.69) is 10.1 Å². The largest absolute Gasteiger partial charge is 0.457 e. The Morgan fingerprint density at radius 2 is 1.90 bits per heavy atom. The Morgan fingerprint density at radius 1 is 1.06 bits per heavy atom. The lowest BCUT2D eigenvalue weighted by molar-refractivity contribution is 0.571. The number of benzene rings is 2. The van der Waals surface area contributed by atoms with Crippen molar-refractivity contribution in [1.82, 2.24) is 14.6 Å². The van der Waals surface area contributed by atoms with Crippen LogP contribution >= 0.6 is 22.9 Å². The van der Waals surface area contributed by atoms with Crippen LogP contribution in [-0.2, 0) is 0 Å². The minimum Gasteiger partial charge on any atom is -0.457 e. The maximum Gasteiger partial charge on any atom is 0.291 e. The SMILES string of the molecule is O=c1/c(=C/c2ccc(-c3cccc(Cl)c3)o2)sc2nc(/C=C/c3ccc(F)cc3)nn12. The van der Waals surface area contributed by atoms with Crippen LogP contribution in [0, 0.1) is 5.82 Å². The number of furan rings is 1. The molecule has 0 N–H and O–H groups in total. The van der Waals surface area contributed by atoms with E-state index in [1.165, 1.54) is 28.0 Å². The highest BCUT2D eigenvalue weighted by molar-refractivity contribution is 7.15. The van der Waals surface area contributed by atoms with Gasteiger partial charge in [0.15, 0.2) is 5.82 Å². The first-order chi connectivity index (χ1) is 15.0. The fraction of sp³-hybridized carbons (Fsp3) is 0. The molecule has 0 unspecified atom stereocenters. The summed E-state index contributed by atoms with van der Waals surface area (Å²) in [6.07, 6.45) is 5.11.